The van der Waals surface area contributed by atoms with E-state index in [9.17, 15) is 23.2 Å². The minimum absolute atomic E-state index is 0.0802. The molecule has 1 aromatic rings. The van der Waals surface area contributed by atoms with E-state index in [0.29, 0.717) is 0 Å². The molecule has 2 rings (SSSR count). The third kappa shape index (κ3) is 3.81. The molecule has 1 atom stereocenters. The Kier molecular flexibility index (Phi) is 5.22. The van der Waals surface area contributed by atoms with Crippen LogP contribution in [0.4, 0.5) is 14.5 Å². The zero-order valence-corrected chi connectivity index (χ0v) is 12.1. The number of amides is 3. The van der Waals surface area contributed by atoms with Crippen molar-refractivity contribution in [1.82, 2.24) is 10.6 Å². The zero-order chi connectivity index (χ0) is 17.0. The second-order valence-electron chi connectivity index (χ2n) is 4.95. The molecule has 0 aliphatic carbocycles. The lowest BCUT2D eigenvalue weighted by molar-refractivity contribution is -0.127. The number of benzene rings is 1. The van der Waals surface area contributed by atoms with Crippen LogP contribution in [-0.2, 0) is 14.4 Å². The maximum atomic E-state index is 13.7. The number of nitrogens with zero attached hydrogens (tertiary/aromatic N) is 1. The molecule has 9 heteroatoms. The van der Waals surface area contributed by atoms with Gasteiger partial charge in [0.2, 0.25) is 17.7 Å². The third-order valence-corrected chi connectivity index (χ3v) is 3.38. The molecule has 1 saturated heterocycles. The van der Waals surface area contributed by atoms with E-state index in [1.54, 1.807) is 0 Å². The molecule has 1 heterocycles. The van der Waals surface area contributed by atoms with Gasteiger partial charge in [-0.25, -0.2) is 8.78 Å². The summed E-state index contributed by atoms with van der Waals surface area (Å²) in [5, 5.41) is 4.68. The summed E-state index contributed by atoms with van der Waals surface area (Å²) < 4.78 is 27.5. The molecule has 7 nitrogen and oxygen atoms in total. The van der Waals surface area contributed by atoms with E-state index in [2.05, 4.69) is 10.6 Å². The Balaban J connectivity index is 1.99. The summed E-state index contributed by atoms with van der Waals surface area (Å²) in [7, 11) is 0. The van der Waals surface area contributed by atoms with Crippen LogP contribution < -0.4 is 21.3 Å². The first kappa shape index (κ1) is 16.8. The summed E-state index contributed by atoms with van der Waals surface area (Å²) in [5.74, 6) is -3.39. The number of nitrogens with two attached hydrogens (primary N) is 1. The second kappa shape index (κ2) is 7.14. The van der Waals surface area contributed by atoms with Gasteiger partial charge in [-0.3, -0.25) is 14.4 Å². The van der Waals surface area contributed by atoms with E-state index in [1.807, 2.05) is 0 Å². The van der Waals surface area contributed by atoms with Crippen LogP contribution >= 0.6 is 0 Å². The number of nitrogens with one attached hydrogen (secondary N) is 2. The average molecular weight is 326 g/mol. The SMILES string of the molecule is NCC(=O)NCC(=O)NC1CCN(c2c(F)cccc2F)C1=O. The lowest BCUT2D eigenvalue weighted by Crippen LogP contribution is -2.46. The highest BCUT2D eigenvalue weighted by Crippen LogP contribution is 2.27. The minimum atomic E-state index is -0.892. The fourth-order valence-corrected chi connectivity index (χ4v) is 2.28. The molecule has 1 aliphatic heterocycles. The third-order valence-electron chi connectivity index (χ3n) is 3.38. The monoisotopic (exact) mass is 326 g/mol. The molecule has 1 unspecified atom stereocenters. The molecule has 0 aromatic heterocycles. The van der Waals surface area contributed by atoms with Crippen molar-refractivity contribution in [3.8, 4) is 0 Å². The number of anilines is 1. The Bertz CT molecular complexity index is 618. The number of rotatable bonds is 5. The number of halogens is 2. The molecule has 23 heavy (non-hydrogen) atoms. The summed E-state index contributed by atoms with van der Waals surface area (Å²) in [6, 6.07) is 2.42. The summed E-state index contributed by atoms with van der Waals surface area (Å²) in [6.07, 6.45) is 0.211. The quantitative estimate of drug-likeness (QED) is 0.663. The highest BCUT2D eigenvalue weighted by Gasteiger charge is 2.36. The standard InChI is InChI=1S/C14H16F2N4O3/c15-8-2-1-3-9(16)13(8)20-5-4-10(14(20)23)19-12(22)7-18-11(21)6-17/h1-3,10H,4-7,17H2,(H,18,21)(H,19,22). The number of hydrogen-bond acceptors (Lipinski definition) is 4. The van der Waals surface area contributed by atoms with Gasteiger partial charge in [-0.2, -0.15) is 0 Å². The summed E-state index contributed by atoms with van der Waals surface area (Å²) in [5.41, 5.74) is 4.65. The predicted octanol–water partition coefficient (Wildman–Crippen LogP) is -0.739. The van der Waals surface area contributed by atoms with Gasteiger partial charge in [0.15, 0.2) is 0 Å². The lowest BCUT2D eigenvalue weighted by Gasteiger charge is -2.18. The number of carbonyl (C=O) groups is 3. The maximum absolute atomic E-state index is 13.7. The first-order valence-corrected chi connectivity index (χ1v) is 6.95. The smallest absolute Gasteiger partial charge is 0.249 e. The van der Waals surface area contributed by atoms with Gasteiger partial charge in [0.1, 0.15) is 23.4 Å². The van der Waals surface area contributed by atoms with Crippen LogP contribution in [0.1, 0.15) is 6.42 Å². The van der Waals surface area contributed by atoms with Crippen molar-refractivity contribution in [2.75, 3.05) is 24.5 Å². The first-order chi connectivity index (χ1) is 10.9. The van der Waals surface area contributed by atoms with Gasteiger partial charge >= 0.3 is 0 Å². The fraction of sp³-hybridized carbons (Fsp3) is 0.357. The Morgan fingerprint density at radius 1 is 1.26 bits per heavy atom. The average Bonchev–Trinajstić information content (AvgIpc) is 2.86. The molecule has 0 spiro atoms. The van der Waals surface area contributed by atoms with Crippen LogP contribution in [-0.4, -0.2) is 43.4 Å². The zero-order valence-electron chi connectivity index (χ0n) is 12.1. The molecule has 4 N–H and O–H groups in total. The number of para-hydroxylation sites is 1. The van der Waals surface area contributed by atoms with Crippen molar-refractivity contribution in [2.45, 2.75) is 12.5 Å². The molecule has 0 bridgehead atoms. The molecule has 0 saturated carbocycles. The Labute approximate surface area is 130 Å². The van der Waals surface area contributed by atoms with Gasteiger partial charge in [0.05, 0.1) is 13.1 Å². The first-order valence-electron chi connectivity index (χ1n) is 6.95. The Hall–Kier alpha value is -2.55. The number of carbonyl (C=O) groups excluding carboxylic acids is 3. The molecular formula is C14H16F2N4O3. The molecule has 124 valence electrons. The van der Waals surface area contributed by atoms with Crippen LogP contribution in [0.5, 0.6) is 0 Å². The van der Waals surface area contributed by atoms with Gasteiger partial charge in [-0.15, -0.1) is 0 Å². The Morgan fingerprint density at radius 2 is 1.91 bits per heavy atom. The maximum Gasteiger partial charge on any atom is 0.249 e. The Morgan fingerprint density at radius 3 is 2.52 bits per heavy atom. The summed E-state index contributed by atoms with van der Waals surface area (Å²) in [6.45, 7) is -0.499. The molecule has 1 aliphatic rings. The number of hydrogen-bond donors (Lipinski definition) is 3. The van der Waals surface area contributed by atoms with E-state index < -0.39 is 41.1 Å². The largest absolute Gasteiger partial charge is 0.346 e. The summed E-state index contributed by atoms with van der Waals surface area (Å²) >= 11 is 0. The van der Waals surface area contributed by atoms with Gasteiger partial charge < -0.3 is 21.3 Å². The van der Waals surface area contributed by atoms with Crippen LogP contribution in [0, 0.1) is 11.6 Å². The molecule has 3 amide bonds. The van der Waals surface area contributed by atoms with Crippen molar-refractivity contribution in [3.05, 3.63) is 29.8 Å². The van der Waals surface area contributed by atoms with Crippen LogP contribution in [0.25, 0.3) is 0 Å². The molecule has 1 aromatic carbocycles. The fourth-order valence-electron chi connectivity index (χ4n) is 2.28. The highest BCUT2D eigenvalue weighted by atomic mass is 19.1. The lowest BCUT2D eigenvalue weighted by atomic mass is 10.2. The van der Waals surface area contributed by atoms with E-state index in [0.717, 1.165) is 17.0 Å². The van der Waals surface area contributed by atoms with Crippen molar-refractivity contribution < 1.29 is 23.2 Å². The normalized spacial score (nSPS) is 17.3. The van der Waals surface area contributed by atoms with Gasteiger partial charge in [-0.05, 0) is 18.6 Å². The van der Waals surface area contributed by atoms with E-state index in [-0.39, 0.29) is 26.1 Å². The van der Waals surface area contributed by atoms with Gasteiger partial charge in [0, 0.05) is 6.54 Å². The molecule has 1 fully saturated rings. The van der Waals surface area contributed by atoms with Crippen molar-refractivity contribution in [2.24, 2.45) is 5.73 Å². The van der Waals surface area contributed by atoms with Crippen LogP contribution in [0.3, 0.4) is 0 Å². The second-order valence-corrected chi connectivity index (χ2v) is 4.95. The topological polar surface area (TPSA) is 105 Å². The highest BCUT2D eigenvalue weighted by molar-refractivity contribution is 6.01. The molecular weight excluding hydrogens is 310 g/mol. The van der Waals surface area contributed by atoms with E-state index in [1.165, 1.54) is 6.07 Å². The summed E-state index contributed by atoms with van der Waals surface area (Å²) in [4.78, 5) is 35.8. The van der Waals surface area contributed by atoms with Crippen LogP contribution in [0.2, 0.25) is 0 Å². The molecule has 0 radical (unpaired) electrons. The predicted molar refractivity (Wildman–Crippen MR) is 77.3 cm³/mol. The van der Waals surface area contributed by atoms with Crippen LogP contribution in [0.15, 0.2) is 18.2 Å². The van der Waals surface area contributed by atoms with Crippen molar-refractivity contribution in [1.29, 1.82) is 0 Å². The van der Waals surface area contributed by atoms with Gasteiger partial charge in [0.25, 0.3) is 0 Å². The van der Waals surface area contributed by atoms with E-state index >= 15 is 0 Å². The van der Waals surface area contributed by atoms with Crippen molar-refractivity contribution >= 4 is 23.4 Å². The van der Waals surface area contributed by atoms with E-state index in [4.69, 9.17) is 5.73 Å². The van der Waals surface area contributed by atoms with Crippen molar-refractivity contribution in [3.63, 3.8) is 0 Å². The minimum Gasteiger partial charge on any atom is -0.346 e. The van der Waals surface area contributed by atoms with Gasteiger partial charge in [-0.1, -0.05) is 6.07 Å².